The van der Waals surface area contributed by atoms with Gasteiger partial charge in [-0.05, 0) is 6.42 Å². The van der Waals surface area contributed by atoms with Crippen LogP contribution in [0.5, 0.6) is 0 Å². The van der Waals surface area contributed by atoms with Gasteiger partial charge in [0.25, 0.3) is 0 Å². The first-order chi connectivity index (χ1) is 5.61. The summed E-state index contributed by atoms with van der Waals surface area (Å²) in [6.07, 6.45) is -0.503. The highest BCUT2D eigenvalue weighted by Gasteiger charge is 2.27. The molecule has 1 aliphatic rings. The zero-order valence-corrected chi connectivity index (χ0v) is 7.51. The monoisotopic (exact) mass is 174 g/mol. The Balaban J connectivity index is 2.46. The summed E-state index contributed by atoms with van der Waals surface area (Å²) in [6.45, 7) is 0.995. The molecule has 0 bridgehead atoms. The molecule has 1 N–H and O–H groups in total. The second-order valence-corrected chi connectivity index (χ2v) is 3.42. The molecule has 0 spiro atoms. The molecule has 4 heteroatoms. The van der Waals surface area contributed by atoms with Crippen LogP contribution in [0.25, 0.3) is 0 Å². The lowest BCUT2D eigenvalue weighted by Crippen LogP contribution is -2.44. The van der Waals surface area contributed by atoms with Crippen molar-refractivity contribution < 1.29 is 9.18 Å². The Morgan fingerprint density at radius 1 is 1.50 bits per heavy atom. The van der Waals surface area contributed by atoms with E-state index in [1.54, 1.807) is 14.1 Å². The maximum Gasteiger partial charge on any atom is 0.226 e. The molecule has 0 radical (unpaired) electrons. The van der Waals surface area contributed by atoms with Crippen LogP contribution in [0.3, 0.4) is 0 Å². The topological polar surface area (TPSA) is 32.3 Å². The van der Waals surface area contributed by atoms with Crippen LogP contribution in [0.2, 0.25) is 0 Å². The standard InChI is InChI=1S/C8H15FN2O/c1-11(2)8(12)6-3-7(9)5-10-4-6/h6-7,10H,3-5H2,1-2H3. The number of piperidine rings is 1. The fraction of sp³-hybridized carbons (Fsp3) is 0.875. The fourth-order valence-corrected chi connectivity index (χ4v) is 1.44. The van der Waals surface area contributed by atoms with Crippen LogP contribution in [-0.4, -0.2) is 44.2 Å². The molecule has 0 aromatic heterocycles. The van der Waals surface area contributed by atoms with Crippen molar-refractivity contribution in [3.8, 4) is 0 Å². The number of hydrogen-bond donors (Lipinski definition) is 1. The number of rotatable bonds is 1. The molecule has 1 heterocycles. The number of carbonyl (C=O) groups excluding carboxylic acids is 1. The second-order valence-electron chi connectivity index (χ2n) is 3.42. The molecule has 12 heavy (non-hydrogen) atoms. The largest absolute Gasteiger partial charge is 0.349 e. The molecule has 70 valence electrons. The zero-order chi connectivity index (χ0) is 9.14. The van der Waals surface area contributed by atoms with Gasteiger partial charge in [-0.15, -0.1) is 0 Å². The van der Waals surface area contributed by atoms with E-state index in [-0.39, 0.29) is 11.8 Å². The van der Waals surface area contributed by atoms with Crippen molar-refractivity contribution in [2.24, 2.45) is 5.92 Å². The molecule has 1 rings (SSSR count). The maximum absolute atomic E-state index is 12.8. The van der Waals surface area contributed by atoms with Crippen molar-refractivity contribution in [2.45, 2.75) is 12.6 Å². The van der Waals surface area contributed by atoms with Crippen molar-refractivity contribution >= 4 is 5.91 Å². The number of carbonyl (C=O) groups is 1. The van der Waals surface area contributed by atoms with Gasteiger partial charge in [-0.25, -0.2) is 4.39 Å². The Kier molecular flexibility index (Phi) is 3.03. The third kappa shape index (κ3) is 2.17. The van der Waals surface area contributed by atoms with Crippen LogP contribution in [0.15, 0.2) is 0 Å². The van der Waals surface area contributed by atoms with Gasteiger partial charge in [0.05, 0.1) is 5.92 Å². The van der Waals surface area contributed by atoms with Gasteiger partial charge in [0.2, 0.25) is 5.91 Å². The third-order valence-electron chi connectivity index (χ3n) is 2.09. The highest BCUT2D eigenvalue weighted by atomic mass is 19.1. The molecule has 0 saturated carbocycles. The highest BCUT2D eigenvalue weighted by molar-refractivity contribution is 5.78. The van der Waals surface area contributed by atoms with Crippen LogP contribution in [0.4, 0.5) is 4.39 Å². The Hall–Kier alpha value is -0.640. The quantitative estimate of drug-likeness (QED) is 0.608. The summed E-state index contributed by atoms with van der Waals surface area (Å²) in [7, 11) is 3.40. The summed E-state index contributed by atoms with van der Waals surface area (Å²) in [5.74, 6) is -0.159. The lowest BCUT2D eigenvalue weighted by molar-refractivity contribution is -0.134. The molecule has 2 unspecified atom stereocenters. The lowest BCUT2D eigenvalue weighted by Gasteiger charge is -2.26. The number of nitrogens with one attached hydrogen (secondary N) is 1. The molecular formula is C8H15FN2O. The molecule has 0 aliphatic carbocycles. The molecule has 2 atom stereocenters. The first kappa shape index (κ1) is 9.45. The van der Waals surface area contributed by atoms with E-state index >= 15 is 0 Å². The number of nitrogens with zero attached hydrogens (tertiary/aromatic N) is 1. The van der Waals surface area contributed by atoms with E-state index in [0.717, 1.165) is 0 Å². The minimum absolute atomic E-state index is 0.0184. The van der Waals surface area contributed by atoms with Crippen LogP contribution >= 0.6 is 0 Å². The minimum atomic E-state index is -0.868. The summed E-state index contributed by atoms with van der Waals surface area (Å²) >= 11 is 0. The van der Waals surface area contributed by atoms with Crippen molar-refractivity contribution in [2.75, 3.05) is 27.2 Å². The summed E-state index contributed by atoms with van der Waals surface area (Å²) in [6, 6.07) is 0. The summed E-state index contributed by atoms with van der Waals surface area (Å²) in [5.41, 5.74) is 0. The first-order valence-electron chi connectivity index (χ1n) is 4.17. The van der Waals surface area contributed by atoms with E-state index in [1.165, 1.54) is 4.90 Å². The van der Waals surface area contributed by atoms with E-state index < -0.39 is 6.17 Å². The average molecular weight is 174 g/mol. The smallest absolute Gasteiger partial charge is 0.226 e. The summed E-state index contributed by atoms with van der Waals surface area (Å²) in [4.78, 5) is 12.9. The van der Waals surface area contributed by atoms with E-state index in [1.807, 2.05) is 0 Å². The van der Waals surface area contributed by atoms with Gasteiger partial charge in [0.15, 0.2) is 0 Å². The maximum atomic E-state index is 12.8. The van der Waals surface area contributed by atoms with Crippen molar-refractivity contribution in [3.05, 3.63) is 0 Å². The Morgan fingerprint density at radius 2 is 2.17 bits per heavy atom. The molecule has 0 aromatic carbocycles. The predicted molar refractivity (Wildman–Crippen MR) is 44.6 cm³/mol. The van der Waals surface area contributed by atoms with Crippen molar-refractivity contribution in [1.82, 2.24) is 10.2 Å². The average Bonchev–Trinajstić information content (AvgIpc) is 2.03. The van der Waals surface area contributed by atoms with E-state index in [0.29, 0.717) is 19.5 Å². The van der Waals surface area contributed by atoms with Gasteiger partial charge < -0.3 is 10.2 Å². The minimum Gasteiger partial charge on any atom is -0.349 e. The van der Waals surface area contributed by atoms with Crippen LogP contribution in [-0.2, 0) is 4.79 Å². The fourth-order valence-electron chi connectivity index (χ4n) is 1.44. The van der Waals surface area contributed by atoms with Gasteiger partial charge in [0.1, 0.15) is 6.17 Å². The molecule has 1 aliphatic heterocycles. The van der Waals surface area contributed by atoms with E-state index in [9.17, 15) is 9.18 Å². The summed E-state index contributed by atoms with van der Waals surface area (Å²) < 4.78 is 12.8. The van der Waals surface area contributed by atoms with Gasteiger partial charge in [-0.1, -0.05) is 0 Å². The highest BCUT2D eigenvalue weighted by Crippen LogP contribution is 2.14. The van der Waals surface area contributed by atoms with Crippen LogP contribution in [0, 0.1) is 5.92 Å². The Bertz CT molecular complexity index is 172. The van der Waals surface area contributed by atoms with Crippen molar-refractivity contribution in [3.63, 3.8) is 0 Å². The number of halogens is 1. The molecule has 0 aromatic rings. The van der Waals surface area contributed by atoms with Gasteiger partial charge in [-0.2, -0.15) is 0 Å². The molecule has 1 fully saturated rings. The lowest BCUT2D eigenvalue weighted by atomic mass is 9.97. The second kappa shape index (κ2) is 3.85. The molecule has 1 amide bonds. The SMILES string of the molecule is CN(C)C(=O)C1CNCC(F)C1. The Morgan fingerprint density at radius 3 is 2.67 bits per heavy atom. The zero-order valence-electron chi connectivity index (χ0n) is 7.51. The van der Waals surface area contributed by atoms with Gasteiger partial charge in [-0.3, -0.25) is 4.79 Å². The van der Waals surface area contributed by atoms with E-state index in [2.05, 4.69) is 5.32 Å². The van der Waals surface area contributed by atoms with E-state index in [4.69, 9.17) is 0 Å². The third-order valence-corrected chi connectivity index (χ3v) is 2.09. The summed E-state index contributed by atoms with van der Waals surface area (Å²) in [5, 5.41) is 2.90. The molecule has 1 saturated heterocycles. The number of hydrogen-bond acceptors (Lipinski definition) is 2. The number of amides is 1. The molecular weight excluding hydrogens is 159 g/mol. The van der Waals surface area contributed by atoms with Crippen LogP contribution in [0.1, 0.15) is 6.42 Å². The Labute approximate surface area is 71.9 Å². The normalized spacial score (nSPS) is 29.9. The van der Waals surface area contributed by atoms with Crippen LogP contribution < -0.4 is 5.32 Å². The van der Waals surface area contributed by atoms with Crippen molar-refractivity contribution in [1.29, 1.82) is 0 Å². The first-order valence-corrected chi connectivity index (χ1v) is 4.17. The number of alkyl halides is 1. The van der Waals surface area contributed by atoms with Gasteiger partial charge >= 0.3 is 0 Å². The van der Waals surface area contributed by atoms with Gasteiger partial charge in [0, 0.05) is 27.2 Å². The predicted octanol–water partition coefficient (Wildman–Crippen LogP) is 0.0222. The molecule has 3 nitrogen and oxygen atoms in total.